The number of hydrogen-bond acceptors (Lipinski definition) is 5. The van der Waals surface area contributed by atoms with Crippen molar-refractivity contribution in [3.8, 4) is 0 Å². The van der Waals surface area contributed by atoms with Gasteiger partial charge in [-0.2, -0.15) is 10.2 Å². The second-order valence-electron chi connectivity index (χ2n) is 4.91. The van der Waals surface area contributed by atoms with Crippen LogP contribution in [0.25, 0.3) is 0 Å². The molecule has 8 nitrogen and oxygen atoms in total. The van der Waals surface area contributed by atoms with Crippen molar-refractivity contribution in [3.05, 3.63) is 29.7 Å². The number of carbonyl (C=O) groups is 2. The second kappa shape index (κ2) is 6.42. The Kier molecular flexibility index (Phi) is 4.59. The first kappa shape index (κ1) is 15.7. The van der Waals surface area contributed by atoms with Gasteiger partial charge in [0.15, 0.2) is 0 Å². The minimum atomic E-state index is -0.520. The summed E-state index contributed by atoms with van der Waals surface area (Å²) in [6, 6.07) is -0.515. The zero-order valence-corrected chi connectivity index (χ0v) is 13.0. The van der Waals surface area contributed by atoms with Crippen LogP contribution in [-0.4, -0.2) is 38.0 Å². The van der Waals surface area contributed by atoms with E-state index in [2.05, 4.69) is 15.5 Å². The van der Waals surface area contributed by atoms with E-state index in [9.17, 15) is 9.59 Å². The molecular weight excluding hydrogens is 286 g/mol. The molecule has 8 heteroatoms. The summed E-state index contributed by atoms with van der Waals surface area (Å²) < 4.78 is 7.93. The molecule has 2 aromatic rings. The molecule has 1 N–H and O–H groups in total. The lowest BCUT2D eigenvalue weighted by Gasteiger charge is -2.13. The Balaban J connectivity index is 2.18. The highest BCUT2D eigenvalue weighted by Gasteiger charge is 2.22. The van der Waals surface area contributed by atoms with Crippen LogP contribution in [0.2, 0.25) is 0 Å². The lowest BCUT2D eigenvalue weighted by Crippen LogP contribution is -2.26. The Morgan fingerprint density at radius 2 is 2.09 bits per heavy atom. The van der Waals surface area contributed by atoms with Gasteiger partial charge in [0, 0.05) is 13.2 Å². The van der Waals surface area contributed by atoms with Gasteiger partial charge in [0.1, 0.15) is 17.4 Å². The third-order valence-electron chi connectivity index (χ3n) is 3.18. The largest absolute Gasteiger partial charge is 0.462 e. The predicted molar refractivity (Wildman–Crippen MR) is 79.5 cm³/mol. The zero-order chi connectivity index (χ0) is 16.3. The van der Waals surface area contributed by atoms with Crippen LogP contribution in [-0.2, 0) is 16.6 Å². The van der Waals surface area contributed by atoms with E-state index in [4.69, 9.17) is 4.74 Å². The first-order chi connectivity index (χ1) is 10.4. The van der Waals surface area contributed by atoms with Gasteiger partial charge in [0.2, 0.25) is 5.91 Å². The van der Waals surface area contributed by atoms with Crippen molar-refractivity contribution >= 4 is 17.7 Å². The minimum absolute atomic E-state index is 0.224. The number of hydrogen-bond donors (Lipinski definition) is 1. The molecule has 0 aromatic carbocycles. The molecule has 1 amide bonds. The summed E-state index contributed by atoms with van der Waals surface area (Å²) in [5.41, 5.74) is 1.19. The van der Waals surface area contributed by atoms with Crippen LogP contribution >= 0.6 is 0 Å². The highest BCUT2D eigenvalue weighted by Crippen LogP contribution is 2.17. The van der Waals surface area contributed by atoms with Gasteiger partial charge in [0.05, 0.1) is 19.0 Å². The average molecular weight is 305 g/mol. The van der Waals surface area contributed by atoms with Crippen molar-refractivity contribution in [3.63, 3.8) is 0 Å². The third-order valence-corrected chi connectivity index (χ3v) is 3.18. The lowest BCUT2D eigenvalue weighted by atomic mass is 10.3. The molecule has 2 rings (SSSR count). The molecule has 0 aliphatic carbocycles. The van der Waals surface area contributed by atoms with Crippen molar-refractivity contribution < 1.29 is 14.3 Å². The third kappa shape index (κ3) is 3.16. The summed E-state index contributed by atoms with van der Waals surface area (Å²) in [7, 11) is 1.64. The molecule has 0 saturated heterocycles. The van der Waals surface area contributed by atoms with Crippen LogP contribution < -0.4 is 5.32 Å². The van der Waals surface area contributed by atoms with Gasteiger partial charge in [-0.3, -0.25) is 14.2 Å². The molecule has 1 atom stereocenters. The number of rotatable bonds is 5. The van der Waals surface area contributed by atoms with Gasteiger partial charge in [0.25, 0.3) is 0 Å². The van der Waals surface area contributed by atoms with Crippen molar-refractivity contribution in [2.24, 2.45) is 7.05 Å². The van der Waals surface area contributed by atoms with E-state index < -0.39 is 12.0 Å². The molecule has 0 aliphatic heterocycles. The van der Waals surface area contributed by atoms with Gasteiger partial charge in [-0.25, -0.2) is 4.79 Å². The SMILES string of the molecule is CCOC(=O)c1cnn(C)c1NC(=O)C(C)n1cc(C)cn1. The van der Waals surface area contributed by atoms with Crippen LogP contribution in [0.15, 0.2) is 18.6 Å². The molecule has 0 saturated carbocycles. The fraction of sp³-hybridized carbons (Fsp3) is 0.429. The Labute approximate surface area is 128 Å². The van der Waals surface area contributed by atoms with Crippen molar-refractivity contribution in [1.29, 1.82) is 0 Å². The van der Waals surface area contributed by atoms with E-state index in [0.29, 0.717) is 5.82 Å². The number of nitrogens with zero attached hydrogens (tertiary/aromatic N) is 4. The van der Waals surface area contributed by atoms with Crippen molar-refractivity contribution in [1.82, 2.24) is 19.6 Å². The standard InChI is InChI=1S/C14H19N5O3/c1-5-22-14(21)11-7-15-18(4)12(11)17-13(20)10(3)19-8-9(2)6-16-19/h6-8,10H,5H2,1-4H3,(H,17,20). The maximum atomic E-state index is 12.3. The molecule has 2 aromatic heterocycles. The average Bonchev–Trinajstić information content (AvgIpc) is 3.05. The Morgan fingerprint density at radius 1 is 1.36 bits per heavy atom. The Bertz CT molecular complexity index is 688. The molecule has 22 heavy (non-hydrogen) atoms. The van der Waals surface area contributed by atoms with Crippen LogP contribution in [0.4, 0.5) is 5.82 Å². The number of carbonyl (C=O) groups excluding carboxylic acids is 2. The molecule has 0 spiro atoms. The highest BCUT2D eigenvalue weighted by atomic mass is 16.5. The molecular formula is C14H19N5O3. The normalized spacial score (nSPS) is 12.0. The maximum absolute atomic E-state index is 12.3. The summed E-state index contributed by atoms with van der Waals surface area (Å²) in [5, 5.41) is 10.8. The van der Waals surface area contributed by atoms with Crippen LogP contribution in [0.5, 0.6) is 0 Å². The zero-order valence-electron chi connectivity index (χ0n) is 13.0. The molecule has 0 bridgehead atoms. The Hall–Kier alpha value is -2.64. The van der Waals surface area contributed by atoms with E-state index in [1.54, 1.807) is 38.0 Å². The van der Waals surface area contributed by atoms with Crippen LogP contribution in [0, 0.1) is 6.92 Å². The van der Waals surface area contributed by atoms with Crippen LogP contribution in [0.1, 0.15) is 35.8 Å². The molecule has 2 heterocycles. The summed E-state index contributed by atoms with van der Waals surface area (Å²) >= 11 is 0. The predicted octanol–water partition coefficient (Wildman–Crippen LogP) is 1.30. The summed E-state index contributed by atoms with van der Waals surface area (Å²) in [5.74, 6) is -0.509. The first-order valence-electron chi connectivity index (χ1n) is 6.94. The van der Waals surface area contributed by atoms with Crippen LogP contribution in [0.3, 0.4) is 0 Å². The summed E-state index contributed by atoms with van der Waals surface area (Å²) in [6.45, 7) is 5.59. The number of esters is 1. The Morgan fingerprint density at radius 3 is 2.68 bits per heavy atom. The van der Waals surface area contributed by atoms with Gasteiger partial charge < -0.3 is 10.1 Å². The number of nitrogens with one attached hydrogen (secondary N) is 1. The fourth-order valence-corrected chi connectivity index (χ4v) is 1.93. The maximum Gasteiger partial charge on any atom is 0.343 e. The number of aromatic nitrogens is 4. The van der Waals surface area contributed by atoms with E-state index in [0.717, 1.165) is 5.56 Å². The first-order valence-corrected chi connectivity index (χ1v) is 6.94. The molecule has 0 radical (unpaired) electrons. The van der Waals surface area contributed by atoms with Gasteiger partial charge in [-0.05, 0) is 26.3 Å². The van der Waals surface area contributed by atoms with Crippen molar-refractivity contribution in [2.45, 2.75) is 26.8 Å². The second-order valence-corrected chi connectivity index (χ2v) is 4.91. The van der Waals surface area contributed by atoms with E-state index in [1.807, 2.05) is 6.92 Å². The quantitative estimate of drug-likeness (QED) is 0.841. The fourth-order valence-electron chi connectivity index (χ4n) is 1.93. The number of aryl methyl sites for hydroxylation is 2. The lowest BCUT2D eigenvalue weighted by molar-refractivity contribution is -0.119. The van der Waals surface area contributed by atoms with Gasteiger partial charge >= 0.3 is 5.97 Å². The van der Waals surface area contributed by atoms with E-state index >= 15 is 0 Å². The number of anilines is 1. The molecule has 0 fully saturated rings. The van der Waals surface area contributed by atoms with Gasteiger partial charge in [-0.1, -0.05) is 0 Å². The molecule has 0 aliphatic rings. The highest BCUT2D eigenvalue weighted by molar-refractivity contribution is 6.01. The van der Waals surface area contributed by atoms with E-state index in [-0.39, 0.29) is 18.1 Å². The van der Waals surface area contributed by atoms with Crippen molar-refractivity contribution in [2.75, 3.05) is 11.9 Å². The topological polar surface area (TPSA) is 91.0 Å². The minimum Gasteiger partial charge on any atom is -0.462 e. The summed E-state index contributed by atoms with van der Waals surface area (Å²) in [4.78, 5) is 24.2. The molecule has 1 unspecified atom stereocenters. The smallest absolute Gasteiger partial charge is 0.343 e. The number of amides is 1. The summed E-state index contributed by atoms with van der Waals surface area (Å²) in [6.07, 6.45) is 4.83. The monoisotopic (exact) mass is 305 g/mol. The molecule has 118 valence electrons. The van der Waals surface area contributed by atoms with E-state index in [1.165, 1.54) is 10.9 Å². The van der Waals surface area contributed by atoms with Gasteiger partial charge in [-0.15, -0.1) is 0 Å². The number of ether oxygens (including phenoxy) is 1.